The zero-order valence-electron chi connectivity index (χ0n) is 9.12. The molecule has 3 N–H and O–H groups in total. The number of thiophene rings is 1. The standard InChI is InChI=1S/C10H17N3OS/c1-13(2)10(14)3-5-12-7-9-8(11)4-6-15-9/h4,6,12H,3,5,7,11H2,1-2H3. The van der Waals surface area contributed by atoms with Gasteiger partial charge in [-0.15, -0.1) is 11.3 Å². The van der Waals surface area contributed by atoms with Crippen molar-refractivity contribution in [3.8, 4) is 0 Å². The maximum atomic E-state index is 11.2. The number of hydrogen-bond acceptors (Lipinski definition) is 4. The van der Waals surface area contributed by atoms with Crippen LogP contribution in [-0.4, -0.2) is 31.4 Å². The van der Waals surface area contributed by atoms with Crippen molar-refractivity contribution in [1.82, 2.24) is 10.2 Å². The van der Waals surface area contributed by atoms with Crippen LogP contribution in [0.2, 0.25) is 0 Å². The van der Waals surface area contributed by atoms with Crippen LogP contribution in [0.4, 0.5) is 5.69 Å². The van der Waals surface area contributed by atoms with Gasteiger partial charge in [0, 0.05) is 44.2 Å². The number of rotatable bonds is 5. The van der Waals surface area contributed by atoms with E-state index in [4.69, 9.17) is 5.73 Å². The van der Waals surface area contributed by atoms with Crippen molar-refractivity contribution in [2.24, 2.45) is 0 Å². The quantitative estimate of drug-likeness (QED) is 0.735. The summed E-state index contributed by atoms with van der Waals surface area (Å²) in [7, 11) is 3.53. The molecule has 0 saturated carbocycles. The highest BCUT2D eigenvalue weighted by molar-refractivity contribution is 7.10. The van der Waals surface area contributed by atoms with Crippen LogP contribution in [0.25, 0.3) is 0 Å². The molecule has 0 aliphatic heterocycles. The molecule has 0 unspecified atom stereocenters. The second-order valence-electron chi connectivity index (χ2n) is 3.51. The van der Waals surface area contributed by atoms with Crippen LogP contribution < -0.4 is 11.1 Å². The van der Waals surface area contributed by atoms with E-state index in [0.29, 0.717) is 13.0 Å². The molecule has 0 atom stereocenters. The van der Waals surface area contributed by atoms with Crippen LogP contribution in [0, 0.1) is 0 Å². The fourth-order valence-electron chi connectivity index (χ4n) is 1.12. The minimum atomic E-state index is 0.140. The van der Waals surface area contributed by atoms with Crippen molar-refractivity contribution in [1.29, 1.82) is 0 Å². The van der Waals surface area contributed by atoms with Gasteiger partial charge >= 0.3 is 0 Å². The lowest BCUT2D eigenvalue weighted by Gasteiger charge is -2.10. The van der Waals surface area contributed by atoms with Crippen molar-refractivity contribution < 1.29 is 4.79 Å². The van der Waals surface area contributed by atoms with E-state index in [1.807, 2.05) is 11.4 Å². The molecule has 5 heteroatoms. The molecule has 1 heterocycles. The third-order valence-electron chi connectivity index (χ3n) is 2.08. The highest BCUT2D eigenvalue weighted by Crippen LogP contribution is 2.17. The first-order valence-corrected chi connectivity index (χ1v) is 5.72. The average Bonchev–Trinajstić information content (AvgIpc) is 2.58. The van der Waals surface area contributed by atoms with Gasteiger partial charge in [-0.25, -0.2) is 0 Å². The number of anilines is 1. The fourth-order valence-corrected chi connectivity index (χ4v) is 1.88. The molecule has 0 aliphatic rings. The molecule has 1 aromatic heterocycles. The normalized spacial score (nSPS) is 10.3. The van der Waals surface area contributed by atoms with Gasteiger partial charge in [0.1, 0.15) is 0 Å². The zero-order valence-corrected chi connectivity index (χ0v) is 9.93. The zero-order chi connectivity index (χ0) is 11.3. The monoisotopic (exact) mass is 227 g/mol. The number of nitrogens with zero attached hydrogens (tertiary/aromatic N) is 1. The molecule has 0 aliphatic carbocycles. The summed E-state index contributed by atoms with van der Waals surface area (Å²) in [6.07, 6.45) is 0.526. The van der Waals surface area contributed by atoms with Crippen molar-refractivity contribution in [2.45, 2.75) is 13.0 Å². The van der Waals surface area contributed by atoms with E-state index in [2.05, 4.69) is 5.32 Å². The van der Waals surface area contributed by atoms with Gasteiger partial charge in [-0.05, 0) is 11.4 Å². The molecule has 1 aromatic rings. The van der Waals surface area contributed by atoms with Gasteiger partial charge in [-0.1, -0.05) is 0 Å². The number of carbonyl (C=O) groups is 1. The Labute approximate surface area is 94.1 Å². The van der Waals surface area contributed by atoms with Crippen molar-refractivity contribution >= 4 is 22.9 Å². The number of nitrogen functional groups attached to an aromatic ring is 1. The Morgan fingerprint density at radius 3 is 2.87 bits per heavy atom. The van der Waals surface area contributed by atoms with Gasteiger partial charge in [-0.2, -0.15) is 0 Å². The lowest BCUT2D eigenvalue weighted by atomic mass is 10.3. The van der Waals surface area contributed by atoms with Crippen LogP contribution in [0.15, 0.2) is 11.4 Å². The van der Waals surface area contributed by atoms with Crippen LogP contribution in [-0.2, 0) is 11.3 Å². The third kappa shape index (κ3) is 3.89. The molecule has 4 nitrogen and oxygen atoms in total. The number of hydrogen-bond donors (Lipinski definition) is 2. The first-order chi connectivity index (χ1) is 7.11. The van der Waals surface area contributed by atoms with Crippen LogP contribution >= 0.6 is 11.3 Å². The van der Waals surface area contributed by atoms with Crippen LogP contribution in [0.1, 0.15) is 11.3 Å². The van der Waals surface area contributed by atoms with E-state index >= 15 is 0 Å². The fraction of sp³-hybridized carbons (Fsp3) is 0.500. The van der Waals surface area contributed by atoms with Crippen LogP contribution in [0.3, 0.4) is 0 Å². The molecule has 15 heavy (non-hydrogen) atoms. The summed E-state index contributed by atoms with van der Waals surface area (Å²) >= 11 is 1.63. The molecule has 0 spiro atoms. The van der Waals surface area contributed by atoms with E-state index in [1.165, 1.54) is 0 Å². The Balaban J connectivity index is 2.18. The number of nitrogens with two attached hydrogens (primary N) is 1. The minimum absolute atomic E-state index is 0.140. The lowest BCUT2D eigenvalue weighted by molar-refractivity contribution is -0.128. The van der Waals surface area contributed by atoms with Gasteiger partial charge in [0.25, 0.3) is 0 Å². The predicted octanol–water partition coefficient (Wildman–Crippen LogP) is 0.898. The average molecular weight is 227 g/mol. The Bertz CT molecular complexity index is 322. The van der Waals surface area contributed by atoms with Gasteiger partial charge in [0.2, 0.25) is 5.91 Å². The summed E-state index contributed by atoms with van der Waals surface area (Å²) in [5.41, 5.74) is 6.55. The number of carbonyl (C=O) groups excluding carboxylic acids is 1. The summed E-state index contributed by atoms with van der Waals surface area (Å²) in [5.74, 6) is 0.140. The van der Waals surface area contributed by atoms with Gasteiger partial charge in [0.05, 0.1) is 0 Å². The second-order valence-corrected chi connectivity index (χ2v) is 4.51. The van der Waals surface area contributed by atoms with E-state index < -0.39 is 0 Å². The van der Waals surface area contributed by atoms with E-state index in [1.54, 1.807) is 30.3 Å². The Morgan fingerprint density at radius 2 is 2.33 bits per heavy atom. The molecule has 0 fully saturated rings. The lowest BCUT2D eigenvalue weighted by Crippen LogP contribution is -2.26. The van der Waals surface area contributed by atoms with Crippen LogP contribution in [0.5, 0.6) is 0 Å². The first kappa shape index (κ1) is 12.0. The van der Waals surface area contributed by atoms with Gasteiger partial charge in [0.15, 0.2) is 0 Å². The maximum Gasteiger partial charge on any atom is 0.223 e. The Hall–Kier alpha value is -1.07. The topological polar surface area (TPSA) is 58.4 Å². The highest BCUT2D eigenvalue weighted by Gasteiger charge is 2.03. The molecule has 1 rings (SSSR count). The third-order valence-corrected chi connectivity index (χ3v) is 3.02. The molecule has 84 valence electrons. The van der Waals surface area contributed by atoms with Gasteiger partial charge in [-0.3, -0.25) is 4.79 Å². The highest BCUT2D eigenvalue weighted by atomic mass is 32.1. The minimum Gasteiger partial charge on any atom is -0.398 e. The molecular formula is C10H17N3OS. The second kappa shape index (κ2) is 5.72. The summed E-state index contributed by atoms with van der Waals surface area (Å²) < 4.78 is 0. The summed E-state index contributed by atoms with van der Waals surface area (Å²) in [6, 6.07) is 1.90. The summed E-state index contributed by atoms with van der Waals surface area (Å²) in [5, 5.41) is 5.17. The summed E-state index contributed by atoms with van der Waals surface area (Å²) in [4.78, 5) is 14.0. The molecule has 0 radical (unpaired) electrons. The van der Waals surface area contributed by atoms with Crippen molar-refractivity contribution in [3.63, 3.8) is 0 Å². The molecule has 0 saturated heterocycles. The Kier molecular flexibility index (Phi) is 4.58. The van der Waals surface area contributed by atoms with Crippen molar-refractivity contribution in [2.75, 3.05) is 26.4 Å². The first-order valence-electron chi connectivity index (χ1n) is 4.84. The largest absolute Gasteiger partial charge is 0.398 e. The molecule has 0 bridgehead atoms. The predicted molar refractivity (Wildman–Crippen MR) is 63.7 cm³/mol. The molecule has 0 aromatic carbocycles. The van der Waals surface area contributed by atoms with Gasteiger partial charge < -0.3 is 16.0 Å². The maximum absolute atomic E-state index is 11.2. The Morgan fingerprint density at radius 1 is 1.60 bits per heavy atom. The number of amides is 1. The van der Waals surface area contributed by atoms with E-state index in [0.717, 1.165) is 17.1 Å². The smallest absolute Gasteiger partial charge is 0.223 e. The molecular weight excluding hydrogens is 210 g/mol. The van der Waals surface area contributed by atoms with Crippen molar-refractivity contribution in [3.05, 3.63) is 16.3 Å². The SMILES string of the molecule is CN(C)C(=O)CCNCc1sccc1N. The molecule has 1 amide bonds. The van der Waals surface area contributed by atoms with E-state index in [9.17, 15) is 4.79 Å². The van der Waals surface area contributed by atoms with E-state index in [-0.39, 0.29) is 5.91 Å². The number of nitrogens with one attached hydrogen (secondary N) is 1. The summed E-state index contributed by atoms with van der Waals surface area (Å²) in [6.45, 7) is 1.43.